The summed E-state index contributed by atoms with van der Waals surface area (Å²) in [6.45, 7) is 0. The number of furan rings is 1. The predicted molar refractivity (Wildman–Crippen MR) is 201 cm³/mol. The van der Waals surface area contributed by atoms with Crippen LogP contribution >= 0.6 is 0 Å². The van der Waals surface area contributed by atoms with Gasteiger partial charge in [0.05, 0.1) is 22.4 Å². The molecule has 0 aliphatic heterocycles. The van der Waals surface area contributed by atoms with Gasteiger partial charge in [-0.15, -0.1) is 0 Å². The maximum absolute atomic E-state index is 6.39. The molecule has 6 aromatic carbocycles. The molecular formula is C44H27N5O. The van der Waals surface area contributed by atoms with Crippen molar-refractivity contribution < 1.29 is 4.42 Å². The van der Waals surface area contributed by atoms with E-state index in [2.05, 4.69) is 95.6 Å². The van der Waals surface area contributed by atoms with Crippen LogP contribution in [0.15, 0.2) is 168 Å². The Morgan fingerprint density at radius 1 is 0.420 bits per heavy atom. The molecule has 6 heteroatoms. The molecule has 4 heterocycles. The first-order chi connectivity index (χ1) is 24.8. The molecule has 0 aliphatic rings. The zero-order valence-electron chi connectivity index (χ0n) is 26.7. The number of benzene rings is 6. The largest absolute Gasteiger partial charge is 0.452 e. The number of hydrogen-bond acceptors (Lipinski definition) is 5. The molecule has 0 saturated carbocycles. The molecule has 10 aromatic rings. The lowest BCUT2D eigenvalue weighted by molar-refractivity contribution is 0.666. The molecule has 0 unspecified atom stereocenters. The maximum atomic E-state index is 6.39. The Kier molecular flexibility index (Phi) is 6.39. The van der Waals surface area contributed by atoms with Crippen LogP contribution in [-0.4, -0.2) is 24.5 Å². The van der Waals surface area contributed by atoms with Crippen LogP contribution in [0, 0.1) is 0 Å². The number of rotatable bonds is 5. The number of para-hydroxylation sites is 2. The van der Waals surface area contributed by atoms with E-state index in [0.717, 1.165) is 77.6 Å². The summed E-state index contributed by atoms with van der Waals surface area (Å²) in [6.07, 6.45) is 0. The Morgan fingerprint density at radius 3 is 1.70 bits per heavy atom. The molecule has 0 amide bonds. The van der Waals surface area contributed by atoms with E-state index in [4.69, 9.17) is 24.4 Å². The van der Waals surface area contributed by atoms with Crippen molar-refractivity contribution in [3.8, 4) is 51.1 Å². The average molecular weight is 642 g/mol. The highest BCUT2D eigenvalue weighted by atomic mass is 16.3. The van der Waals surface area contributed by atoms with Gasteiger partial charge in [0.15, 0.2) is 11.4 Å². The SMILES string of the molecule is c1ccc(-c2cc(-c3ccccc3)nc(-c3ccc4c(c3)c3ccccc3n4-c3nc(-c4ccccc4)c4oc5ccccc5c4n3)n2)cc1. The fraction of sp³-hybridized carbons (Fsp3) is 0. The van der Waals surface area contributed by atoms with Gasteiger partial charge in [-0.2, -0.15) is 0 Å². The van der Waals surface area contributed by atoms with Crippen LogP contribution in [0.5, 0.6) is 0 Å². The van der Waals surface area contributed by atoms with Crippen molar-refractivity contribution in [2.75, 3.05) is 0 Å². The van der Waals surface area contributed by atoms with Gasteiger partial charge < -0.3 is 4.42 Å². The van der Waals surface area contributed by atoms with Crippen LogP contribution in [0.1, 0.15) is 0 Å². The van der Waals surface area contributed by atoms with Gasteiger partial charge in [-0.3, -0.25) is 4.57 Å². The van der Waals surface area contributed by atoms with Crippen LogP contribution in [0.3, 0.4) is 0 Å². The molecule has 0 spiro atoms. The molecule has 0 bridgehead atoms. The zero-order chi connectivity index (χ0) is 33.0. The highest BCUT2D eigenvalue weighted by molar-refractivity contribution is 6.11. The van der Waals surface area contributed by atoms with Gasteiger partial charge >= 0.3 is 0 Å². The van der Waals surface area contributed by atoms with E-state index in [1.165, 1.54) is 0 Å². The van der Waals surface area contributed by atoms with E-state index in [1.54, 1.807) is 0 Å². The summed E-state index contributed by atoms with van der Waals surface area (Å²) in [6, 6.07) is 55.6. The fourth-order valence-corrected chi connectivity index (χ4v) is 6.89. The summed E-state index contributed by atoms with van der Waals surface area (Å²) in [5, 5.41) is 3.11. The first kappa shape index (κ1) is 28.1. The van der Waals surface area contributed by atoms with Gasteiger partial charge in [0.1, 0.15) is 16.8 Å². The Labute approximate surface area is 287 Å². The van der Waals surface area contributed by atoms with Crippen molar-refractivity contribution in [2.45, 2.75) is 0 Å². The minimum Gasteiger partial charge on any atom is -0.452 e. The summed E-state index contributed by atoms with van der Waals surface area (Å²) in [7, 11) is 0. The Bertz CT molecular complexity index is 2800. The summed E-state index contributed by atoms with van der Waals surface area (Å²) < 4.78 is 8.54. The smallest absolute Gasteiger partial charge is 0.236 e. The molecule has 0 aliphatic carbocycles. The topological polar surface area (TPSA) is 69.6 Å². The number of hydrogen-bond donors (Lipinski definition) is 0. The van der Waals surface area contributed by atoms with E-state index in [0.29, 0.717) is 17.4 Å². The first-order valence-corrected chi connectivity index (χ1v) is 16.6. The third-order valence-corrected chi connectivity index (χ3v) is 9.25. The van der Waals surface area contributed by atoms with Gasteiger partial charge in [-0.25, -0.2) is 19.9 Å². The number of nitrogens with zero attached hydrogens (tertiary/aromatic N) is 5. The molecule has 0 N–H and O–H groups in total. The second-order valence-corrected chi connectivity index (χ2v) is 12.3. The molecule has 4 aromatic heterocycles. The van der Waals surface area contributed by atoms with Crippen molar-refractivity contribution in [1.29, 1.82) is 0 Å². The van der Waals surface area contributed by atoms with Gasteiger partial charge in [0.2, 0.25) is 5.95 Å². The lowest BCUT2D eigenvalue weighted by Crippen LogP contribution is -2.03. The summed E-state index contributed by atoms with van der Waals surface area (Å²) in [5.74, 6) is 1.24. The van der Waals surface area contributed by atoms with E-state index in [1.807, 2.05) is 72.8 Å². The minimum absolute atomic E-state index is 0.579. The monoisotopic (exact) mass is 641 g/mol. The van der Waals surface area contributed by atoms with Crippen LogP contribution in [0.4, 0.5) is 0 Å². The molecule has 50 heavy (non-hydrogen) atoms. The average Bonchev–Trinajstić information content (AvgIpc) is 3.74. The molecule has 0 saturated heterocycles. The third-order valence-electron chi connectivity index (χ3n) is 9.25. The van der Waals surface area contributed by atoms with Crippen LogP contribution in [0.2, 0.25) is 0 Å². The molecule has 10 rings (SSSR count). The minimum atomic E-state index is 0.579. The van der Waals surface area contributed by atoms with Crippen LogP contribution in [-0.2, 0) is 0 Å². The molecule has 0 atom stereocenters. The fourth-order valence-electron chi connectivity index (χ4n) is 6.89. The zero-order valence-corrected chi connectivity index (χ0v) is 26.7. The summed E-state index contributed by atoms with van der Waals surface area (Å²) >= 11 is 0. The van der Waals surface area contributed by atoms with Crippen LogP contribution in [0.25, 0.3) is 95.0 Å². The highest BCUT2D eigenvalue weighted by Gasteiger charge is 2.21. The van der Waals surface area contributed by atoms with E-state index in [9.17, 15) is 0 Å². The van der Waals surface area contributed by atoms with Gasteiger partial charge in [0.25, 0.3) is 0 Å². The normalized spacial score (nSPS) is 11.6. The Balaban J connectivity index is 1.21. The molecular weight excluding hydrogens is 615 g/mol. The van der Waals surface area contributed by atoms with E-state index in [-0.39, 0.29) is 0 Å². The van der Waals surface area contributed by atoms with E-state index < -0.39 is 0 Å². The molecule has 6 nitrogen and oxygen atoms in total. The predicted octanol–water partition coefficient (Wildman–Crippen LogP) is 10.9. The van der Waals surface area contributed by atoms with Crippen LogP contribution < -0.4 is 0 Å². The van der Waals surface area contributed by atoms with Crippen molar-refractivity contribution in [3.63, 3.8) is 0 Å². The lowest BCUT2D eigenvalue weighted by atomic mass is 10.1. The van der Waals surface area contributed by atoms with Gasteiger partial charge in [-0.05, 0) is 42.5 Å². The van der Waals surface area contributed by atoms with Crippen molar-refractivity contribution >= 4 is 43.9 Å². The maximum Gasteiger partial charge on any atom is 0.236 e. The highest BCUT2D eigenvalue weighted by Crippen LogP contribution is 2.38. The van der Waals surface area contributed by atoms with Crippen molar-refractivity contribution in [3.05, 3.63) is 164 Å². The van der Waals surface area contributed by atoms with Gasteiger partial charge in [0, 0.05) is 38.4 Å². The second-order valence-electron chi connectivity index (χ2n) is 12.3. The number of aromatic nitrogens is 5. The van der Waals surface area contributed by atoms with Gasteiger partial charge in [-0.1, -0.05) is 121 Å². The summed E-state index contributed by atoms with van der Waals surface area (Å²) in [5.41, 5.74) is 10.7. The van der Waals surface area contributed by atoms with Crippen molar-refractivity contribution in [2.24, 2.45) is 0 Å². The quantitative estimate of drug-likeness (QED) is 0.187. The first-order valence-electron chi connectivity index (χ1n) is 16.6. The summed E-state index contributed by atoms with van der Waals surface area (Å²) in [4.78, 5) is 20.6. The standard InChI is InChI=1S/C44H27N5O/c1-4-14-28(15-5-1)35-27-36(29-16-6-2-7-17-29)46-43(45-35)31-24-25-38-34(26-31)32-20-10-12-22-37(32)49(38)44-47-40(30-18-8-3-9-19-30)42-41(48-44)33-21-11-13-23-39(33)50-42/h1-27H. The molecule has 234 valence electrons. The number of fused-ring (bicyclic) bond motifs is 6. The van der Waals surface area contributed by atoms with E-state index >= 15 is 0 Å². The molecule has 0 fully saturated rings. The van der Waals surface area contributed by atoms with Crippen molar-refractivity contribution in [1.82, 2.24) is 24.5 Å². The second kappa shape index (κ2) is 11.4. The lowest BCUT2D eigenvalue weighted by Gasteiger charge is -2.11. The third kappa shape index (κ3) is 4.58. The Hall–Kier alpha value is -6.92. The molecule has 0 radical (unpaired) electrons. The Morgan fingerprint density at radius 2 is 1.00 bits per heavy atom.